The second-order valence-electron chi connectivity index (χ2n) is 1.88. The number of rotatable bonds is 1. The van der Waals surface area contributed by atoms with Crippen molar-refractivity contribution in [3.63, 3.8) is 0 Å². The van der Waals surface area contributed by atoms with Crippen LogP contribution in [0.2, 0.25) is 0 Å². The van der Waals surface area contributed by atoms with Crippen molar-refractivity contribution >= 4 is 0 Å². The molecule has 52 valence electrons. The third kappa shape index (κ3) is 1.77. The van der Waals surface area contributed by atoms with Crippen LogP contribution in [0, 0.1) is 0 Å². The summed E-state index contributed by atoms with van der Waals surface area (Å²) in [5, 5.41) is 0. The van der Waals surface area contributed by atoms with E-state index in [0.717, 1.165) is 0 Å². The Labute approximate surface area is 53.3 Å². The van der Waals surface area contributed by atoms with E-state index < -0.39 is 11.9 Å². The number of ether oxygens (including phenoxy) is 2. The molecule has 0 amide bonds. The van der Waals surface area contributed by atoms with E-state index in [9.17, 15) is 4.39 Å². The third-order valence-electron chi connectivity index (χ3n) is 1.17. The predicted octanol–water partition coefficient (Wildman–Crippen LogP) is 0.885. The van der Waals surface area contributed by atoms with Gasteiger partial charge in [0.2, 0.25) is 0 Å². The van der Waals surface area contributed by atoms with Gasteiger partial charge in [0.25, 0.3) is 0 Å². The molecule has 2 nitrogen and oxygen atoms in total. The normalized spacial score (nSPS) is 27.9. The zero-order valence-electron chi connectivity index (χ0n) is 5.10. The molecule has 1 fully saturated rings. The summed E-state index contributed by atoms with van der Waals surface area (Å²) < 4.78 is 22.0. The van der Waals surface area contributed by atoms with E-state index in [-0.39, 0.29) is 0 Å². The van der Waals surface area contributed by atoms with Gasteiger partial charge < -0.3 is 9.47 Å². The summed E-state index contributed by atoms with van der Waals surface area (Å²) in [5.74, 6) is -0.449. The fourth-order valence-corrected chi connectivity index (χ4v) is 0.669. The van der Waals surface area contributed by atoms with Gasteiger partial charge in [0.1, 0.15) is 11.9 Å². The Balaban J connectivity index is 2.31. The highest BCUT2D eigenvalue weighted by molar-refractivity contribution is 4.91. The van der Waals surface area contributed by atoms with Crippen molar-refractivity contribution in [2.75, 3.05) is 19.8 Å². The van der Waals surface area contributed by atoms with Crippen LogP contribution in [0.3, 0.4) is 0 Å². The van der Waals surface area contributed by atoms with Gasteiger partial charge in [-0.2, -0.15) is 0 Å². The van der Waals surface area contributed by atoms with Crippen molar-refractivity contribution in [2.45, 2.75) is 6.10 Å². The van der Waals surface area contributed by atoms with Gasteiger partial charge in [-0.1, -0.05) is 6.58 Å². The molecule has 1 atom stereocenters. The van der Waals surface area contributed by atoms with E-state index in [0.29, 0.717) is 19.8 Å². The molecule has 0 aromatic carbocycles. The Morgan fingerprint density at radius 2 is 2.33 bits per heavy atom. The lowest BCUT2D eigenvalue weighted by molar-refractivity contribution is -0.0791. The predicted molar refractivity (Wildman–Crippen MR) is 30.8 cm³/mol. The lowest BCUT2D eigenvalue weighted by Gasteiger charge is -2.20. The Morgan fingerprint density at radius 3 is 2.67 bits per heavy atom. The first-order valence-corrected chi connectivity index (χ1v) is 2.84. The summed E-state index contributed by atoms with van der Waals surface area (Å²) >= 11 is 0. The van der Waals surface area contributed by atoms with Gasteiger partial charge in [-0.15, -0.1) is 0 Å². The molecule has 0 aromatic heterocycles. The van der Waals surface area contributed by atoms with E-state index in [1.54, 1.807) is 0 Å². The van der Waals surface area contributed by atoms with Crippen molar-refractivity contribution in [2.24, 2.45) is 0 Å². The second-order valence-corrected chi connectivity index (χ2v) is 1.88. The SMILES string of the molecule is C=C(F)C1COCCO1. The first-order chi connectivity index (χ1) is 4.30. The van der Waals surface area contributed by atoms with Crippen molar-refractivity contribution in [3.05, 3.63) is 12.4 Å². The molecular formula is C6H9FO2. The first kappa shape index (κ1) is 6.71. The zero-order chi connectivity index (χ0) is 6.69. The molecule has 0 saturated carbocycles. The lowest BCUT2D eigenvalue weighted by Crippen LogP contribution is -2.28. The first-order valence-electron chi connectivity index (χ1n) is 2.84. The van der Waals surface area contributed by atoms with Crippen LogP contribution in [0.1, 0.15) is 0 Å². The fraction of sp³-hybridized carbons (Fsp3) is 0.667. The smallest absolute Gasteiger partial charge is 0.132 e. The summed E-state index contributed by atoms with van der Waals surface area (Å²) in [5.41, 5.74) is 0. The Bertz CT molecular complexity index is 108. The van der Waals surface area contributed by atoms with E-state index in [1.165, 1.54) is 0 Å². The summed E-state index contributed by atoms with van der Waals surface area (Å²) in [6.07, 6.45) is -0.529. The van der Waals surface area contributed by atoms with Gasteiger partial charge in [0.05, 0.1) is 19.8 Å². The highest BCUT2D eigenvalue weighted by Crippen LogP contribution is 2.09. The van der Waals surface area contributed by atoms with Gasteiger partial charge in [0, 0.05) is 0 Å². The summed E-state index contributed by atoms with van der Waals surface area (Å²) in [6, 6.07) is 0. The van der Waals surface area contributed by atoms with Crippen molar-refractivity contribution in [1.82, 2.24) is 0 Å². The van der Waals surface area contributed by atoms with E-state index in [2.05, 4.69) is 6.58 Å². The fourth-order valence-electron chi connectivity index (χ4n) is 0.669. The number of hydrogen-bond acceptors (Lipinski definition) is 2. The largest absolute Gasteiger partial charge is 0.376 e. The average Bonchev–Trinajstić information content (AvgIpc) is 1.90. The molecule has 1 rings (SSSR count). The van der Waals surface area contributed by atoms with Crippen LogP contribution in [-0.2, 0) is 9.47 Å². The summed E-state index contributed by atoms with van der Waals surface area (Å²) in [7, 11) is 0. The van der Waals surface area contributed by atoms with Crippen LogP contribution >= 0.6 is 0 Å². The van der Waals surface area contributed by atoms with Crippen LogP contribution in [-0.4, -0.2) is 25.9 Å². The second kappa shape index (κ2) is 2.94. The molecule has 1 aliphatic rings. The molecule has 0 N–H and O–H groups in total. The topological polar surface area (TPSA) is 18.5 Å². The Kier molecular flexibility index (Phi) is 2.19. The molecule has 0 bridgehead atoms. The van der Waals surface area contributed by atoms with E-state index >= 15 is 0 Å². The third-order valence-corrected chi connectivity index (χ3v) is 1.17. The number of hydrogen-bond donors (Lipinski definition) is 0. The molecule has 1 unspecified atom stereocenters. The minimum absolute atomic E-state index is 0.301. The molecule has 0 spiro atoms. The van der Waals surface area contributed by atoms with Gasteiger partial charge >= 0.3 is 0 Å². The molecule has 0 aliphatic carbocycles. The molecular weight excluding hydrogens is 123 g/mol. The molecule has 1 saturated heterocycles. The maximum Gasteiger partial charge on any atom is 0.132 e. The van der Waals surface area contributed by atoms with Crippen LogP contribution in [0.15, 0.2) is 12.4 Å². The number of halogens is 1. The van der Waals surface area contributed by atoms with Crippen molar-refractivity contribution < 1.29 is 13.9 Å². The molecule has 0 radical (unpaired) electrons. The summed E-state index contributed by atoms with van der Waals surface area (Å²) in [4.78, 5) is 0. The van der Waals surface area contributed by atoms with Gasteiger partial charge in [0.15, 0.2) is 0 Å². The van der Waals surface area contributed by atoms with E-state index in [4.69, 9.17) is 9.47 Å². The Morgan fingerprint density at radius 1 is 1.56 bits per heavy atom. The molecule has 1 heterocycles. The quantitative estimate of drug-likeness (QED) is 0.527. The standard InChI is InChI=1S/C6H9FO2/c1-5(7)6-4-8-2-3-9-6/h6H,1-4H2. The van der Waals surface area contributed by atoms with Gasteiger partial charge in [-0.3, -0.25) is 0 Å². The monoisotopic (exact) mass is 132 g/mol. The molecule has 0 aromatic rings. The molecule has 9 heavy (non-hydrogen) atoms. The summed E-state index contributed by atoms with van der Waals surface area (Å²) in [6.45, 7) is 4.43. The highest BCUT2D eigenvalue weighted by Gasteiger charge is 2.16. The Hall–Kier alpha value is -0.410. The van der Waals surface area contributed by atoms with Crippen LogP contribution in [0.4, 0.5) is 4.39 Å². The molecule has 3 heteroatoms. The van der Waals surface area contributed by atoms with Crippen molar-refractivity contribution in [3.8, 4) is 0 Å². The lowest BCUT2D eigenvalue weighted by atomic mass is 10.3. The highest BCUT2D eigenvalue weighted by atomic mass is 19.1. The average molecular weight is 132 g/mol. The van der Waals surface area contributed by atoms with Crippen LogP contribution < -0.4 is 0 Å². The maximum atomic E-state index is 12.2. The van der Waals surface area contributed by atoms with Crippen molar-refractivity contribution in [1.29, 1.82) is 0 Å². The van der Waals surface area contributed by atoms with Crippen LogP contribution in [0.25, 0.3) is 0 Å². The minimum Gasteiger partial charge on any atom is -0.376 e. The van der Waals surface area contributed by atoms with E-state index in [1.807, 2.05) is 0 Å². The van der Waals surface area contributed by atoms with Gasteiger partial charge in [-0.25, -0.2) is 4.39 Å². The minimum atomic E-state index is -0.529. The maximum absolute atomic E-state index is 12.2. The van der Waals surface area contributed by atoms with Crippen LogP contribution in [0.5, 0.6) is 0 Å². The van der Waals surface area contributed by atoms with Gasteiger partial charge in [-0.05, 0) is 0 Å². The molecule has 1 aliphatic heterocycles. The zero-order valence-corrected chi connectivity index (χ0v) is 5.10.